The summed E-state index contributed by atoms with van der Waals surface area (Å²) in [5.41, 5.74) is 6.85. The zero-order chi connectivity index (χ0) is 27.4. The molecule has 0 saturated carbocycles. The van der Waals surface area contributed by atoms with Gasteiger partial charge in [0.2, 0.25) is 0 Å². The van der Waals surface area contributed by atoms with Crippen LogP contribution in [0.1, 0.15) is 51.5 Å². The SMILES string of the molecule is COC(=O)c1cccc(-n2c(C)cc(C3C(c4ccccn4)NC(=S)N3CCCNc3ccccc3)c2C)c1. The van der Waals surface area contributed by atoms with Gasteiger partial charge in [0.25, 0.3) is 0 Å². The zero-order valence-corrected chi connectivity index (χ0v) is 23.2. The van der Waals surface area contributed by atoms with E-state index in [0.717, 1.165) is 53.1 Å². The number of nitrogens with one attached hydrogen (secondary N) is 2. The number of nitrogens with zero attached hydrogens (tertiary/aromatic N) is 3. The van der Waals surface area contributed by atoms with E-state index in [9.17, 15) is 4.79 Å². The lowest BCUT2D eigenvalue weighted by molar-refractivity contribution is 0.0600. The lowest BCUT2D eigenvalue weighted by Crippen LogP contribution is -2.31. The van der Waals surface area contributed by atoms with Crippen molar-refractivity contribution in [2.75, 3.05) is 25.5 Å². The number of aromatic nitrogens is 2. The van der Waals surface area contributed by atoms with Gasteiger partial charge in [-0.1, -0.05) is 30.3 Å². The second kappa shape index (κ2) is 11.7. The zero-order valence-electron chi connectivity index (χ0n) is 22.4. The number of hydrogen-bond acceptors (Lipinski definition) is 5. The number of para-hydroxylation sites is 1. The Labute approximate surface area is 234 Å². The fourth-order valence-corrected chi connectivity index (χ4v) is 5.73. The number of ether oxygens (including phenoxy) is 1. The molecule has 0 radical (unpaired) electrons. The molecule has 1 aliphatic heterocycles. The summed E-state index contributed by atoms with van der Waals surface area (Å²) >= 11 is 5.88. The van der Waals surface area contributed by atoms with Crippen molar-refractivity contribution in [1.29, 1.82) is 0 Å². The maximum Gasteiger partial charge on any atom is 0.337 e. The molecule has 0 spiro atoms. The highest BCUT2D eigenvalue weighted by Crippen LogP contribution is 2.41. The van der Waals surface area contributed by atoms with E-state index in [0.29, 0.717) is 5.56 Å². The molecule has 3 heterocycles. The van der Waals surface area contributed by atoms with E-state index in [1.165, 1.54) is 12.7 Å². The first-order valence-corrected chi connectivity index (χ1v) is 13.5. The molecule has 2 atom stereocenters. The normalized spacial score (nSPS) is 16.7. The van der Waals surface area contributed by atoms with E-state index >= 15 is 0 Å². The smallest absolute Gasteiger partial charge is 0.337 e. The Hall–Kier alpha value is -4.17. The minimum Gasteiger partial charge on any atom is -0.465 e. The number of carbonyl (C=O) groups is 1. The third-order valence-electron chi connectivity index (χ3n) is 7.19. The number of rotatable bonds is 9. The van der Waals surface area contributed by atoms with Gasteiger partial charge in [0.1, 0.15) is 0 Å². The highest BCUT2D eigenvalue weighted by Gasteiger charge is 2.41. The highest BCUT2D eigenvalue weighted by atomic mass is 32.1. The van der Waals surface area contributed by atoms with Crippen LogP contribution in [0.3, 0.4) is 0 Å². The molecule has 1 fully saturated rings. The molecular formula is C31H33N5O2S. The molecule has 0 bridgehead atoms. The van der Waals surface area contributed by atoms with Crippen LogP contribution in [0.15, 0.2) is 85.1 Å². The van der Waals surface area contributed by atoms with Gasteiger partial charge in [-0.3, -0.25) is 4.98 Å². The molecule has 8 heteroatoms. The summed E-state index contributed by atoms with van der Waals surface area (Å²) in [5, 5.41) is 7.79. The summed E-state index contributed by atoms with van der Waals surface area (Å²) in [7, 11) is 1.40. The molecule has 39 heavy (non-hydrogen) atoms. The van der Waals surface area contributed by atoms with E-state index in [-0.39, 0.29) is 18.1 Å². The molecule has 1 aliphatic rings. The van der Waals surface area contributed by atoms with Gasteiger partial charge in [0.15, 0.2) is 5.11 Å². The molecule has 7 nitrogen and oxygen atoms in total. The van der Waals surface area contributed by atoms with Gasteiger partial charge < -0.3 is 24.8 Å². The molecular weight excluding hydrogens is 506 g/mol. The van der Waals surface area contributed by atoms with Gasteiger partial charge in [0, 0.05) is 42.0 Å². The Morgan fingerprint density at radius 1 is 1.05 bits per heavy atom. The van der Waals surface area contributed by atoms with Crippen LogP contribution < -0.4 is 10.6 Å². The Bertz CT molecular complexity index is 1450. The van der Waals surface area contributed by atoms with Crippen LogP contribution in [0.4, 0.5) is 5.69 Å². The minimum absolute atomic E-state index is 0.0344. The monoisotopic (exact) mass is 539 g/mol. The lowest BCUT2D eigenvalue weighted by atomic mass is 9.96. The summed E-state index contributed by atoms with van der Waals surface area (Å²) in [6.45, 7) is 5.84. The summed E-state index contributed by atoms with van der Waals surface area (Å²) in [6.07, 6.45) is 2.74. The number of esters is 1. The van der Waals surface area contributed by atoms with Gasteiger partial charge in [-0.05, 0) is 86.6 Å². The first kappa shape index (κ1) is 26.4. The second-order valence-corrected chi connectivity index (χ2v) is 10.1. The molecule has 4 aromatic rings. The Morgan fingerprint density at radius 2 is 1.85 bits per heavy atom. The number of pyridine rings is 1. The van der Waals surface area contributed by atoms with Crippen molar-refractivity contribution in [3.63, 3.8) is 0 Å². The number of carbonyl (C=O) groups excluding carboxylic acids is 1. The van der Waals surface area contributed by atoms with Crippen LogP contribution >= 0.6 is 12.2 Å². The number of methoxy groups -OCH3 is 1. The van der Waals surface area contributed by atoms with Crippen LogP contribution in [0.25, 0.3) is 5.69 Å². The van der Waals surface area contributed by atoms with E-state index < -0.39 is 0 Å². The molecule has 5 rings (SSSR count). The highest BCUT2D eigenvalue weighted by molar-refractivity contribution is 7.80. The van der Waals surface area contributed by atoms with Gasteiger partial charge >= 0.3 is 5.97 Å². The van der Waals surface area contributed by atoms with E-state index in [4.69, 9.17) is 17.0 Å². The van der Waals surface area contributed by atoms with Crippen molar-refractivity contribution < 1.29 is 9.53 Å². The van der Waals surface area contributed by atoms with Crippen molar-refractivity contribution in [2.24, 2.45) is 0 Å². The lowest BCUT2D eigenvalue weighted by Gasteiger charge is -2.28. The van der Waals surface area contributed by atoms with Crippen LogP contribution in [0.5, 0.6) is 0 Å². The number of thiocarbonyl (C=S) groups is 1. The molecule has 0 aliphatic carbocycles. The number of anilines is 1. The van der Waals surface area contributed by atoms with Crippen LogP contribution in [-0.4, -0.2) is 45.7 Å². The van der Waals surface area contributed by atoms with Crippen molar-refractivity contribution in [3.05, 3.63) is 113 Å². The summed E-state index contributed by atoms with van der Waals surface area (Å²) in [6, 6.07) is 25.9. The van der Waals surface area contributed by atoms with Crippen LogP contribution in [0.2, 0.25) is 0 Å². The number of hydrogen-bond donors (Lipinski definition) is 2. The van der Waals surface area contributed by atoms with Gasteiger partial charge in [-0.25, -0.2) is 4.79 Å². The Balaban J connectivity index is 1.47. The summed E-state index contributed by atoms with van der Waals surface area (Å²) < 4.78 is 7.14. The van der Waals surface area contributed by atoms with Crippen LogP contribution in [0, 0.1) is 13.8 Å². The van der Waals surface area contributed by atoms with E-state index in [2.05, 4.69) is 57.1 Å². The van der Waals surface area contributed by atoms with Gasteiger partial charge in [-0.15, -0.1) is 0 Å². The second-order valence-electron chi connectivity index (χ2n) is 9.67. The molecule has 2 aromatic carbocycles. The van der Waals surface area contributed by atoms with Crippen molar-refractivity contribution >= 4 is 29.0 Å². The quantitative estimate of drug-likeness (QED) is 0.159. The predicted octanol–water partition coefficient (Wildman–Crippen LogP) is 5.75. The molecule has 2 N–H and O–H groups in total. The largest absolute Gasteiger partial charge is 0.465 e. The van der Waals surface area contributed by atoms with Crippen molar-refractivity contribution in [1.82, 2.24) is 19.8 Å². The predicted molar refractivity (Wildman–Crippen MR) is 158 cm³/mol. The number of aryl methyl sites for hydroxylation is 1. The fraction of sp³-hybridized carbons (Fsp3) is 0.258. The summed E-state index contributed by atoms with van der Waals surface area (Å²) in [5.74, 6) is -0.351. The molecule has 200 valence electrons. The topological polar surface area (TPSA) is 71.4 Å². The average Bonchev–Trinajstić information content (AvgIpc) is 3.45. The first-order valence-electron chi connectivity index (χ1n) is 13.1. The Kier molecular flexibility index (Phi) is 7.93. The van der Waals surface area contributed by atoms with Gasteiger partial charge in [0.05, 0.1) is 30.5 Å². The number of benzene rings is 2. The molecule has 1 saturated heterocycles. The third kappa shape index (κ3) is 5.52. The molecule has 2 aromatic heterocycles. The maximum absolute atomic E-state index is 12.2. The summed E-state index contributed by atoms with van der Waals surface area (Å²) in [4.78, 5) is 19.2. The minimum atomic E-state index is -0.351. The maximum atomic E-state index is 12.2. The first-order chi connectivity index (χ1) is 19.0. The Morgan fingerprint density at radius 3 is 2.59 bits per heavy atom. The van der Waals surface area contributed by atoms with Crippen LogP contribution in [-0.2, 0) is 4.74 Å². The van der Waals surface area contributed by atoms with Crippen molar-refractivity contribution in [2.45, 2.75) is 32.4 Å². The van der Waals surface area contributed by atoms with Gasteiger partial charge in [-0.2, -0.15) is 0 Å². The molecule has 2 unspecified atom stereocenters. The standard InChI is InChI=1S/C31H33N5O2S/c1-21-19-26(22(2)36(21)25-14-9-11-23(20-25)30(37)38-3)29-28(27-15-7-8-16-33-27)34-31(39)35(29)18-10-17-32-24-12-5-4-6-13-24/h4-9,11-16,19-20,28-29,32H,10,17-18H2,1-3H3,(H,34,39). The van der Waals surface area contributed by atoms with Crippen molar-refractivity contribution in [3.8, 4) is 5.69 Å². The average molecular weight is 540 g/mol. The molecule has 0 amide bonds. The van der Waals surface area contributed by atoms with E-state index in [1.54, 1.807) is 6.07 Å². The fourth-order valence-electron chi connectivity index (χ4n) is 5.40. The van der Waals surface area contributed by atoms with E-state index in [1.807, 2.05) is 60.8 Å². The third-order valence-corrected chi connectivity index (χ3v) is 7.54.